The van der Waals surface area contributed by atoms with Gasteiger partial charge in [0.05, 0.1) is 6.61 Å². The molecular weight excluding hydrogens is 386 g/mol. The summed E-state index contributed by atoms with van der Waals surface area (Å²) in [5, 5.41) is 8.23. The van der Waals surface area contributed by atoms with Gasteiger partial charge >= 0.3 is 0 Å². The standard InChI is InChI=1S/C22H25N3O3S/c1-4-25(5-2)21(26)19(16-10-8-7-9-11-16)29-22-24-23-20(28-22)17-12-14-18(15-13-17)27-6-3/h7-15,19H,4-6H2,1-3H3/t19-/m1/s1. The maximum atomic E-state index is 13.1. The molecule has 0 aliphatic heterocycles. The van der Waals surface area contributed by atoms with Crippen LogP contribution in [-0.4, -0.2) is 40.7 Å². The first-order valence-corrected chi connectivity index (χ1v) is 10.6. The highest BCUT2D eigenvalue weighted by Gasteiger charge is 2.28. The van der Waals surface area contributed by atoms with Crippen molar-refractivity contribution < 1.29 is 13.9 Å². The number of aromatic nitrogens is 2. The second kappa shape index (κ2) is 10.1. The van der Waals surface area contributed by atoms with Crippen molar-refractivity contribution in [3.63, 3.8) is 0 Å². The lowest BCUT2D eigenvalue weighted by Crippen LogP contribution is -2.33. The Morgan fingerprint density at radius 3 is 2.34 bits per heavy atom. The Morgan fingerprint density at radius 1 is 1.03 bits per heavy atom. The Bertz CT molecular complexity index is 909. The van der Waals surface area contributed by atoms with Gasteiger partial charge in [-0.1, -0.05) is 30.3 Å². The molecule has 152 valence electrons. The van der Waals surface area contributed by atoms with E-state index in [4.69, 9.17) is 9.15 Å². The predicted molar refractivity (Wildman–Crippen MR) is 114 cm³/mol. The van der Waals surface area contributed by atoms with Crippen LogP contribution in [-0.2, 0) is 4.79 Å². The highest BCUT2D eigenvalue weighted by molar-refractivity contribution is 8.00. The third kappa shape index (κ3) is 5.17. The van der Waals surface area contributed by atoms with E-state index in [0.717, 1.165) is 16.9 Å². The lowest BCUT2D eigenvalue weighted by Gasteiger charge is -2.24. The van der Waals surface area contributed by atoms with Crippen LogP contribution in [0.2, 0.25) is 0 Å². The van der Waals surface area contributed by atoms with Crippen molar-refractivity contribution in [2.45, 2.75) is 31.2 Å². The topological polar surface area (TPSA) is 68.5 Å². The molecule has 1 aromatic heterocycles. The molecule has 1 atom stereocenters. The minimum atomic E-state index is -0.440. The monoisotopic (exact) mass is 411 g/mol. The molecule has 0 unspecified atom stereocenters. The molecule has 0 spiro atoms. The summed E-state index contributed by atoms with van der Waals surface area (Å²) in [4.78, 5) is 14.9. The van der Waals surface area contributed by atoms with Crippen LogP contribution < -0.4 is 4.74 Å². The lowest BCUT2D eigenvalue weighted by molar-refractivity contribution is -0.130. The minimum absolute atomic E-state index is 0.0343. The summed E-state index contributed by atoms with van der Waals surface area (Å²) in [7, 11) is 0. The summed E-state index contributed by atoms with van der Waals surface area (Å²) in [5.74, 6) is 1.24. The van der Waals surface area contributed by atoms with Crippen molar-refractivity contribution in [2.75, 3.05) is 19.7 Å². The molecule has 0 bridgehead atoms. The molecule has 0 aliphatic carbocycles. The number of rotatable bonds is 9. The second-order valence-electron chi connectivity index (χ2n) is 6.25. The average molecular weight is 412 g/mol. The molecule has 29 heavy (non-hydrogen) atoms. The molecule has 6 nitrogen and oxygen atoms in total. The molecule has 0 saturated heterocycles. The van der Waals surface area contributed by atoms with Crippen LogP contribution in [0.25, 0.3) is 11.5 Å². The average Bonchev–Trinajstić information content (AvgIpc) is 3.23. The van der Waals surface area contributed by atoms with Crippen LogP contribution in [0, 0.1) is 0 Å². The summed E-state index contributed by atoms with van der Waals surface area (Å²) in [6.45, 7) is 7.82. The van der Waals surface area contributed by atoms with Gasteiger partial charge in [-0.3, -0.25) is 4.79 Å². The van der Waals surface area contributed by atoms with Gasteiger partial charge in [-0.05, 0) is 62.4 Å². The summed E-state index contributed by atoms with van der Waals surface area (Å²) < 4.78 is 11.3. The number of hydrogen-bond donors (Lipinski definition) is 0. The number of carbonyl (C=O) groups excluding carboxylic acids is 1. The van der Waals surface area contributed by atoms with Gasteiger partial charge in [0.1, 0.15) is 11.0 Å². The third-order valence-corrected chi connectivity index (χ3v) is 5.52. The van der Waals surface area contributed by atoms with Gasteiger partial charge in [-0.2, -0.15) is 0 Å². The number of thioether (sulfide) groups is 1. The number of nitrogens with zero attached hydrogens (tertiary/aromatic N) is 3. The first kappa shape index (κ1) is 20.9. The van der Waals surface area contributed by atoms with Crippen LogP contribution in [0.15, 0.2) is 64.2 Å². The lowest BCUT2D eigenvalue weighted by atomic mass is 10.1. The molecule has 0 aliphatic rings. The zero-order valence-corrected chi connectivity index (χ0v) is 17.7. The number of hydrogen-bond acceptors (Lipinski definition) is 6. The van der Waals surface area contributed by atoms with Gasteiger partial charge in [-0.15, -0.1) is 10.2 Å². The molecule has 0 radical (unpaired) electrons. The Kier molecular flexibility index (Phi) is 7.30. The van der Waals surface area contributed by atoms with Crippen molar-refractivity contribution in [3.05, 3.63) is 60.2 Å². The number of benzene rings is 2. The fourth-order valence-corrected chi connectivity index (χ4v) is 3.88. The van der Waals surface area contributed by atoms with Crippen molar-refractivity contribution in [3.8, 4) is 17.2 Å². The normalized spacial score (nSPS) is 11.8. The fourth-order valence-electron chi connectivity index (χ4n) is 2.93. The summed E-state index contributed by atoms with van der Waals surface area (Å²) in [6.07, 6.45) is 0. The summed E-state index contributed by atoms with van der Waals surface area (Å²) >= 11 is 1.28. The molecule has 1 heterocycles. The van der Waals surface area contributed by atoms with Crippen molar-refractivity contribution in [1.82, 2.24) is 15.1 Å². The fraction of sp³-hybridized carbons (Fsp3) is 0.318. The Morgan fingerprint density at radius 2 is 1.72 bits per heavy atom. The van der Waals surface area contributed by atoms with Crippen molar-refractivity contribution in [1.29, 1.82) is 0 Å². The molecular formula is C22H25N3O3S. The highest BCUT2D eigenvalue weighted by atomic mass is 32.2. The zero-order valence-electron chi connectivity index (χ0n) is 16.9. The van der Waals surface area contributed by atoms with Gasteiger partial charge in [-0.25, -0.2) is 0 Å². The van der Waals surface area contributed by atoms with E-state index in [0.29, 0.717) is 30.8 Å². The van der Waals surface area contributed by atoms with E-state index >= 15 is 0 Å². The van der Waals surface area contributed by atoms with E-state index in [1.54, 1.807) is 0 Å². The van der Waals surface area contributed by atoms with Crippen LogP contribution in [0.5, 0.6) is 5.75 Å². The van der Waals surface area contributed by atoms with E-state index in [9.17, 15) is 4.79 Å². The van der Waals surface area contributed by atoms with Gasteiger partial charge in [0.25, 0.3) is 5.22 Å². The number of likely N-dealkylation sites (N-methyl/N-ethyl adjacent to an activating group) is 1. The number of amides is 1. The van der Waals surface area contributed by atoms with Crippen molar-refractivity contribution in [2.24, 2.45) is 0 Å². The maximum absolute atomic E-state index is 13.1. The minimum Gasteiger partial charge on any atom is -0.494 e. The van der Waals surface area contributed by atoms with Gasteiger partial charge in [0.2, 0.25) is 11.8 Å². The quantitative estimate of drug-likeness (QED) is 0.470. The van der Waals surface area contributed by atoms with E-state index in [2.05, 4.69) is 10.2 Å². The SMILES string of the molecule is CCOc1ccc(-c2nnc(S[C@@H](C(=O)N(CC)CC)c3ccccc3)o2)cc1. The van der Waals surface area contributed by atoms with E-state index in [-0.39, 0.29) is 5.91 Å². The van der Waals surface area contributed by atoms with Gasteiger partial charge in [0.15, 0.2) is 0 Å². The zero-order chi connectivity index (χ0) is 20.6. The van der Waals surface area contributed by atoms with Gasteiger partial charge < -0.3 is 14.1 Å². The largest absolute Gasteiger partial charge is 0.494 e. The van der Waals surface area contributed by atoms with E-state index in [1.165, 1.54) is 11.8 Å². The molecule has 0 N–H and O–H groups in total. The molecule has 3 rings (SSSR count). The van der Waals surface area contributed by atoms with Gasteiger partial charge in [0, 0.05) is 18.7 Å². The van der Waals surface area contributed by atoms with Crippen LogP contribution >= 0.6 is 11.8 Å². The molecule has 3 aromatic rings. The van der Waals surface area contributed by atoms with E-state index in [1.807, 2.05) is 80.3 Å². The van der Waals surface area contributed by atoms with E-state index < -0.39 is 5.25 Å². The molecule has 7 heteroatoms. The Balaban J connectivity index is 1.82. The molecule has 1 amide bonds. The van der Waals surface area contributed by atoms with Crippen LogP contribution in [0.4, 0.5) is 0 Å². The third-order valence-electron chi connectivity index (χ3n) is 4.44. The molecule has 2 aromatic carbocycles. The Labute approximate surface area is 175 Å². The smallest absolute Gasteiger partial charge is 0.277 e. The predicted octanol–water partition coefficient (Wildman–Crippen LogP) is 4.84. The summed E-state index contributed by atoms with van der Waals surface area (Å²) in [6, 6.07) is 17.2. The molecule has 0 fully saturated rings. The van der Waals surface area contributed by atoms with Crippen molar-refractivity contribution >= 4 is 17.7 Å². The number of ether oxygens (including phenoxy) is 1. The van der Waals surface area contributed by atoms with Crippen LogP contribution in [0.3, 0.4) is 0 Å². The first-order valence-electron chi connectivity index (χ1n) is 9.73. The number of carbonyl (C=O) groups is 1. The highest BCUT2D eigenvalue weighted by Crippen LogP contribution is 2.37. The Hall–Kier alpha value is -2.80. The van der Waals surface area contributed by atoms with Crippen LogP contribution in [0.1, 0.15) is 31.6 Å². The molecule has 0 saturated carbocycles. The summed E-state index contributed by atoms with van der Waals surface area (Å²) in [5.41, 5.74) is 1.72. The maximum Gasteiger partial charge on any atom is 0.277 e. The first-order chi connectivity index (χ1) is 14.2. The second-order valence-corrected chi connectivity index (χ2v) is 7.31.